The molecule has 0 atom stereocenters. The lowest BCUT2D eigenvalue weighted by atomic mass is 9.86. The number of hydrogen-bond donors (Lipinski definition) is 1. The molecule has 0 aliphatic heterocycles. The third-order valence-corrected chi connectivity index (χ3v) is 4.42. The van der Waals surface area contributed by atoms with Gasteiger partial charge in [0.1, 0.15) is 11.6 Å². The summed E-state index contributed by atoms with van der Waals surface area (Å²) in [7, 11) is 2.17. The van der Waals surface area contributed by atoms with E-state index in [2.05, 4.69) is 33.6 Å². The summed E-state index contributed by atoms with van der Waals surface area (Å²) in [6, 6.07) is 0.616. The molecule has 1 aliphatic carbocycles. The number of rotatable bonds is 5. The van der Waals surface area contributed by atoms with Gasteiger partial charge in [0.15, 0.2) is 0 Å². The molecule has 1 heterocycles. The highest BCUT2D eigenvalue weighted by Gasteiger charge is 2.24. The Kier molecular flexibility index (Phi) is 4.93. The summed E-state index contributed by atoms with van der Waals surface area (Å²) in [6.45, 7) is 6.28. The zero-order valence-corrected chi connectivity index (χ0v) is 12.3. The Balaban J connectivity index is 1.92. The van der Waals surface area contributed by atoms with Gasteiger partial charge in [0.05, 0.1) is 6.54 Å². The lowest BCUT2D eigenvalue weighted by Crippen LogP contribution is -2.36. The van der Waals surface area contributed by atoms with Crippen LogP contribution in [0.5, 0.6) is 0 Å². The van der Waals surface area contributed by atoms with Gasteiger partial charge in [-0.15, -0.1) is 10.2 Å². The van der Waals surface area contributed by atoms with Crippen LogP contribution in [0.4, 0.5) is 0 Å². The second-order valence-electron chi connectivity index (χ2n) is 5.68. The molecule has 0 spiro atoms. The SMILES string of the molecule is CCn1c(C)nnc1CN(C)C1CCC(CO)CC1. The minimum Gasteiger partial charge on any atom is -0.396 e. The van der Waals surface area contributed by atoms with E-state index in [1.807, 2.05) is 6.92 Å². The van der Waals surface area contributed by atoms with Crippen LogP contribution in [0.25, 0.3) is 0 Å². The Morgan fingerprint density at radius 3 is 2.53 bits per heavy atom. The van der Waals surface area contributed by atoms with Gasteiger partial charge in [0.2, 0.25) is 0 Å². The third-order valence-electron chi connectivity index (χ3n) is 4.42. The number of aliphatic hydroxyl groups excluding tert-OH is 1. The maximum atomic E-state index is 9.19. The summed E-state index contributed by atoms with van der Waals surface area (Å²) in [4.78, 5) is 2.39. The van der Waals surface area contributed by atoms with E-state index < -0.39 is 0 Å². The molecule has 108 valence electrons. The van der Waals surface area contributed by atoms with E-state index in [0.29, 0.717) is 18.6 Å². The molecule has 0 unspecified atom stereocenters. The van der Waals surface area contributed by atoms with Crippen molar-refractivity contribution < 1.29 is 5.11 Å². The maximum absolute atomic E-state index is 9.19. The summed E-state index contributed by atoms with van der Waals surface area (Å²) in [5.41, 5.74) is 0. The first-order valence-corrected chi connectivity index (χ1v) is 7.35. The second-order valence-corrected chi connectivity index (χ2v) is 5.68. The van der Waals surface area contributed by atoms with Gasteiger partial charge in [-0.05, 0) is 52.5 Å². The largest absolute Gasteiger partial charge is 0.396 e. The normalized spacial score (nSPS) is 24.1. The van der Waals surface area contributed by atoms with Gasteiger partial charge in [-0.2, -0.15) is 0 Å². The quantitative estimate of drug-likeness (QED) is 0.879. The van der Waals surface area contributed by atoms with Crippen molar-refractivity contribution in [3.8, 4) is 0 Å². The number of hydrogen-bond acceptors (Lipinski definition) is 4. The lowest BCUT2D eigenvalue weighted by molar-refractivity contribution is 0.121. The zero-order valence-electron chi connectivity index (χ0n) is 12.3. The fourth-order valence-corrected chi connectivity index (χ4v) is 3.07. The molecule has 5 nitrogen and oxygen atoms in total. The van der Waals surface area contributed by atoms with Crippen LogP contribution in [0.15, 0.2) is 0 Å². The first kappa shape index (κ1) is 14.5. The minimum absolute atomic E-state index is 0.347. The summed E-state index contributed by atoms with van der Waals surface area (Å²) in [6.07, 6.45) is 4.65. The van der Waals surface area contributed by atoms with E-state index in [1.54, 1.807) is 0 Å². The molecule has 0 bridgehead atoms. The predicted molar refractivity (Wildman–Crippen MR) is 74.7 cm³/mol. The van der Waals surface area contributed by atoms with Gasteiger partial charge in [-0.3, -0.25) is 4.90 Å². The molecule has 0 amide bonds. The molecular weight excluding hydrogens is 240 g/mol. The van der Waals surface area contributed by atoms with Crippen LogP contribution in [0, 0.1) is 12.8 Å². The molecule has 1 fully saturated rings. The van der Waals surface area contributed by atoms with E-state index in [4.69, 9.17) is 0 Å². The molecule has 1 aliphatic rings. The molecule has 0 aromatic carbocycles. The third kappa shape index (κ3) is 3.34. The van der Waals surface area contributed by atoms with Gasteiger partial charge in [0.25, 0.3) is 0 Å². The van der Waals surface area contributed by atoms with Crippen LogP contribution < -0.4 is 0 Å². The highest BCUT2D eigenvalue weighted by Crippen LogP contribution is 2.27. The monoisotopic (exact) mass is 266 g/mol. The van der Waals surface area contributed by atoms with Crippen molar-refractivity contribution in [2.75, 3.05) is 13.7 Å². The zero-order chi connectivity index (χ0) is 13.8. The van der Waals surface area contributed by atoms with Crippen LogP contribution in [0.3, 0.4) is 0 Å². The van der Waals surface area contributed by atoms with Gasteiger partial charge < -0.3 is 9.67 Å². The summed E-state index contributed by atoms with van der Waals surface area (Å²) in [5, 5.41) is 17.6. The molecular formula is C14H26N4O. The van der Waals surface area contributed by atoms with E-state index in [0.717, 1.165) is 37.6 Å². The summed E-state index contributed by atoms with van der Waals surface area (Å²) >= 11 is 0. The van der Waals surface area contributed by atoms with Crippen LogP contribution in [0.2, 0.25) is 0 Å². The topological polar surface area (TPSA) is 54.2 Å². The fourth-order valence-electron chi connectivity index (χ4n) is 3.07. The number of aryl methyl sites for hydroxylation is 1. The fraction of sp³-hybridized carbons (Fsp3) is 0.857. The standard InChI is InChI=1S/C14H26N4O/c1-4-18-11(2)15-16-14(18)9-17(3)13-7-5-12(10-19)6-8-13/h12-13,19H,4-10H2,1-3H3. The van der Waals surface area contributed by atoms with E-state index in [-0.39, 0.29) is 0 Å². The first-order valence-electron chi connectivity index (χ1n) is 7.35. The summed E-state index contributed by atoms with van der Waals surface area (Å²) < 4.78 is 2.18. The van der Waals surface area contributed by atoms with Crippen molar-refractivity contribution in [1.82, 2.24) is 19.7 Å². The van der Waals surface area contributed by atoms with Crippen molar-refractivity contribution in [1.29, 1.82) is 0 Å². The molecule has 2 rings (SSSR count). The number of aromatic nitrogens is 3. The predicted octanol–water partition coefficient (Wildman–Crippen LogP) is 1.59. The molecule has 1 aromatic heterocycles. The van der Waals surface area contributed by atoms with Crippen molar-refractivity contribution >= 4 is 0 Å². The molecule has 1 aromatic rings. The molecule has 1 saturated carbocycles. The second kappa shape index (κ2) is 6.48. The number of aliphatic hydroxyl groups is 1. The summed E-state index contributed by atoms with van der Waals surface area (Å²) in [5.74, 6) is 2.58. The highest BCUT2D eigenvalue weighted by molar-refractivity contribution is 4.94. The van der Waals surface area contributed by atoms with Gasteiger partial charge >= 0.3 is 0 Å². The smallest absolute Gasteiger partial charge is 0.147 e. The van der Waals surface area contributed by atoms with E-state index in [9.17, 15) is 5.11 Å². The van der Waals surface area contributed by atoms with Crippen molar-refractivity contribution in [2.45, 2.75) is 58.7 Å². The average molecular weight is 266 g/mol. The Hall–Kier alpha value is -0.940. The molecule has 5 heteroatoms. The number of nitrogens with zero attached hydrogens (tertiary/aromatic N) is 4. The van der Waals surface area contributed by atoms with Gasteiger partial charge in [-0.1, -0.05) is 0 Å². The van der Waals surface area contributed by atoms with E-state index in [1.165, 1.54) is 12.8 Å². The minimum atomic E-state index is 0.347. The maximum Gasteiger partial charge on any atom is 0.147 e. The molecule has 19 heavy (non-hydrogen) atoms. The van der Waals surface area contributed by atoms with E-state index >= 15 is 0 Å². The van der Waals surface area contributed by atoms with Crippen LogP contribution in [-0.2, 0) is 13.1 Å². The average Bonchev–Trinajstić information content (AvgIpc) is 2.79. The lowest BCUT2D eigenvalue weighted by Gasteiger charge is -2.33. The van der Waals surface area contributed by atoms with Crippen molar-refractivity contribution in [3.05, 3.63) is 11.6 Å². The molecule has 1 N–H and O–H groups in total. The Labute approximate surface area is 115 Å². The van der Waals surface area contributed by atoms with Crippen LogP contribution in [-0.4, -0.2) is 44.5 Å². The van der Waals surface area contributed by atoms with Gasteiger partial charge in [-0.25, -0.2) is 0 Å². The van der Waals surface area contributed by atoms with Gasteiger partial charge in [0, 0.05) is 19.2 Å². The van der Waals surface area contributed by atoms with Crippen molar-refractivity contribution in [2.24, 2.45) is 5.92 Å². The molecule has 0 saturated heterocycles. The first-order chi connectivity index (χ1) is 9.15. The Bertz CT molecular complexity index is 396. The van der Waals surface area contributed by atoms with Crippen LogP contribution >= 0.6 is 0 Å². The highest BCUT2D eigenvalue weighted by atomic mass is 16.3. The van der Waals surface area contributed by atoms with Crippen molar-refractivity contribution in [3.63, 3.8) is 0 Å². The Morgan fingerprint density at radius 2 is 1.95 bits per heavy atom. The Morgan fingerprint density at radius 1 is 1.26 bits per heavy atom. The van der Waals surface area contributed by atoms with Crippen LogP contribution in [0.1, 0.15) is 44.3 Å². The molecule has 0 radical (unpaired) electrons.